The van der Waals surface area contributed by atoms with E-state index in [4.69, 9.17) is 0 Å². The third-order valence-corrected chi connectivity index (χ3v) is 6.08. The normalized spacial score (nSPS) is 17.4. The van der Waals surface area contributed by atoms with Crippen LogP contribution in [0.3, 0.4) is 0 Å². The molecule has 0 N–H and O–H groups in total. The van der Waals surface area contributed by atoms with Crippen LogP contribution in [0.5, 0.6) is 0 Å². The van der Waals surface area contributed by atoms with Gasteiger partial charge in [0.15, 0.2) is 0 Å². The van der Waals surface area contributed by atoms with Crippen LogP contribution in [0.25, 0.3) is 0 Å². The Kier molecular flexibility index (Phi) is 8.70. The van der Waals surface area contributed by atoms with E-state index in [2.05, 4.69) is 0 Å². The molecule has 0 heterocycles. The number of hydrogen-bond acceptors (Lipinski definition) is 0. The van der Waals surface area contributed by atoms with Crippen LogP contribution in [0.15, 0.2) is 0 Å². The Morgan fingerprint density at radius 2 is 1.00 bits per heavy atom. The fraction of sp³-hybridized carbons (Fsp3) is 1.00. The number of hydrogen-bond donors (Lipinski definition) is 0. The van der Waals surface area contributed by atoms with Crippen molar-refractivity contribution >= 4 is 22.6 Å². The Labute approximate surface area is 171 Å². The smallest absolute Gasteiger partial charge is 0.200 e. The maximum atomic E-state index is 14.0. The molecule has 0 amide bonds. The Bertz CT molecular complexity index is 541. The topological polar surface area (TPSA) is 0 Å². The summed E-state index contributed by atoms with van der Waals surface area (Å²) in [6.45, 7) is 2.92. The van der Waals surface area contributed by atoms with E-state index in [0.717, 1.165) is 0 Å². The highest BCUT2D eigenvalue weighted by molar-refractivity contribution is 14.1. The first-order valence-corrected chi connectivity index (χ1v) is 9.30. The van der Waals surface area contributed by atoms with Gasteiger partial charge in [0, 0.05) is 9.84 Å². The van der Waals surface area contributed by atoms with Crippen molar-refractivity contribution in [3.05, 3.63) is 0 Å². The van der Waals surface area contributed by atoms with Crippen LogP contribution in [0.4, 0.5) is 57.1 Å². The number of rotatable bonds is 11. The molecule has 0 aromatic carbocycles. The average Bonchev–Trinajstić information content (AvgIpc) is 2.52. The molecule has 0 aliphatic carbocycles. The van der Waals surface area contributed by atoms with Gasteiger partial charge >= 0.3 is 35.8 Å². The molecule has 1 atom stereocenters. The number of alkyl halides is 14. The standard InChI is InChI=1S/C15H18F13I/c1-3-5-6-7-9(29,4-2)8-10(16,17)11(18,19)12(20,21)13(22,23)14(24,25)15(26,27)28/h3-8H2,1-2H3. The summed E-state index contributed by atoms with van der Waals surface area (Å²) in [7, 11) is 0. The van der Waals surface area contributed by atoms with Crippen LogP contribution in [0, 0.1) is 0 Å². The lowest BCUT2D eigenvalue weighted by molar-refractivity contribution is -0.440. The maximum absolute atomic E-state index is 14.0. The molecule has 0 rings (SSSR count). The third kappa shape index (κ3) is 5.18. The Morgan fingerprint density at radius 3 is 1.34 bits per heavy atom. The van der Waals surface area contributed by atoms with Crippen molar-refractivity contribution < 1.29 is 57.1 Å². The first kappa shape index (κ1) is 28.8. The molecular weight excluding hydrogens is 554 g/mol. The summed E-state index contributed by atoms with van der Waals surface area (Å²) in [5.41, 5.74) is 0. The Morgan fingerprint density at radius 1 is 0.586 bits per heavy atom. The number of halogens is 14. The summed E-state index contributed by atoms with van der Waals surface area (Å²) in [5.74, 6) is -36.4. The lowest BCUT2D eigenvalue weighted by atomic mass is 9.86. The first-order chi connectivity index (χ1) is 12.6. The van der Waals surface area contributed by atoms with Crippen LogP contribution in [0.2, 0.25) is 0 Å². The quantitative estimate of drug-likeness (QED) is 0.101. The first-order valence-electron chi connectivity index (χ1n) is 8.22. The summed E-state index contributed by atoms with van der Waals surface area (Å²) in [5, 5.41) is 0. The van der Waals surface area contributed by atoms with Gasteiger partial charge in [-0.2, -0.15) is 57.1 Å². The van der Waals surface area contributed by atoms with E-state index in [1.165, 1.54) is 29.5 Å². The molecule has 0 spiro atoms. The average molecular weight is 572 g/mol. The van der Waals surface area contributed by atoms with Crippen LogP contribution in [-0.4, -0.2) is 39.2 Å². The maximum Gasteiger partial charge on any atom is 0.460 e. The summed E-state index contributed by atoms with van der Waals surface area (Å²) in [6, 6.07) is 0. The SMILES string of the molecule is CCCCCC(I)(CC)CC(F)(F)C(F)(F)C(F)(F)C(F)(F)C(F)(F)C(F)(F)F. The molecule has 0 aromatic rings. The van der Waals surface area contributed by atoms with Crippen molar-refractivity contribution in [3.8, 4) is 0 Å². The van der Waals surface area contributed by atoms with Gasteiger partial charge in [0.1, 0.15) is 0 Å². The highest BCUT2D eigenvalue weighted by Gasteiger charge is 2.90. The van der Waals surface area contributed by atoms with Crippen molar-refractivity contribution in [3.63, 3.8) is 0 Å². The minimum Gasteiger partial charge on any atom is -0.200 e. The van der Waals surface area contributed by atoms with E-state index in [0.29, 0.717) is 12.8 Å². The van der Waals surface area contributed by atoms with Gasteiger partial charge in [-0.3, -0.25) is 0 Å². The van der Waals surface area contributed by atoms with Crippen molar-refractivity contribution in [1.29, 1.82) is 0 Å². The van der Waals surface area contributed by atoms with Gasteiger partial charge in [-0.1, -0.05) is 55.7 Å². The zero-order valence-corrected chi connectivity index (χ0v) is 17.2. The van der Waals surface area contributed by atoms with Crippen LogP contribution < -0.4 is 0 Å². The van der Waals surface area contributed by atoms with E-state index in [1.807, 2.05) is 0 Å². The fourth-order valence-corrected chi connectivity index (χ4v) is 3.25. The highest BCUT2D eigenvalue weighted by Crippen LogP contribution is 2.61. The molecule has 0 aliphatic rings. The van der Waals surface area contributed by atoms with Crippen molar-refractivity contribution in [2.24, 2.45) is 0 Å². The summed E-state index contributed by atoms with van der Waals surface area (Å²) >= 11 is 1.25. The van der Waals surface area contributed by atoms with Crippen LogP contribution >= 0.6 is 22.6 Å². The zero-order chi connectivity index (χ0) is 23.7. The van der Waals surface area contributed by atoms with Gasteiger partial charge in [-0.25, -0.2) is 0 Å². The molecule has 0 aromatic heterocycles. The lowest BCUT2D eigenvalue weighted by Crippen LogP contribution is -2.70. The third-order valence-electron chi connectivity index (χ3n) is 4.40. The molecule has 176 valence electrons. The second kappa shape index (κ2) is 8.75. The molecule has 0 saturated carbocycles. The molecule has 14 heteroatoms. The monoisotopic (exact) mass is 572 g/mol. The molecule has 0 radical (unpaired) electrons. The van der Waals surface area contributed by atoms with E-state index in [1.54, 1.807) is 6.92 Å². The minimum absolute atomic E-state index is 0.188. The molecule has 1 unspecified atom stereocenters. The van der Waals surface area contributed by atoms with Gasteiger partial charge in [-0.05, 0) is 12.8 Å². The zero-order valence-electron chi connectivity index (χ0n) is 15.0. The molecule has 0 aliphatic heterocycles. The molecular formula is C15H18F13I. The van der Waals surface area contributed by atoms with Gasteiger partial charge in [0.25, 0.3) is 0 Å². The van der Waals surface area contributed by atoms with E-state index < -0.39 is 45.6 Å². The highest BCUT2D eigenvalue weighted by atomic mass is 127. The fourth-order valence-electron chi connectivity index (χ4n) is 2.39. The van der Waals surface area contributed by atoms with E-state index in [-0.39, 0.29) is 19.3 Å². The van der Waals surface area contributed by atoms with Crippen molar-refractivity contribution in [2.45, 2.75) is 91.6 Å². The molecule has 0 saturated heterocycles. The second-order valence-electron chi connectivity index (χ2n) is 6.64. The van der Waals surface area contributed by atoms with E-state index in [9.17, 15) is 57.1 Å². The van der Waals surface area contributed by atoms with Crippen molar-refractivity contribution in [1.82, 2.24) is 0 Å². The van der Waals surface area contributed by atoms with Gasteiger partial charge < -0.3 is 0 Å². The molecule has 0 fully saturated rings. The minimum atomic E-state index is -7.84. The summed E-state index contributed by atoms with van der Waals surface area (Å²) in [6.07, 6.45) is -8.83. The largest absolute Gasteiger partial charge is 0.460 e. The lowest BCUT2D eigenvalue weighted by Gasteiger charge is -2.41. The Balaban J connectivity index is 6.09. The summed E-state index contributed by atoms with van der Waals surface area (Å²) in [4.78, 5) is 0. The predicted octanol–water partition coefficient (Wildman–Crippen LogP) is 8.28. The van der Waals surface area contributed by atoms with Gasteiger partial charge in [-0.15, -0.1) is 0 Å². The van der Waals surface area contributed by atoms with Gasteiger partial charge in [0.05, 0.1) is 0 Å². The summed E-state index contributed by atoms with van der Waals surface area (Å²) < 4.78 is 169. The van der Waals surface area contributed by atoms with E-state index >= 15 is 0 Å². The Hall–Kier alpha value is -0.180. The molecule has 29 heavy (non-hydrogen) atoms. The van der Waals surface area contributed by atoms with Crippen LogP contribution in [0.1, 0.15) is 52.4 Å². The molecule has 0 bridgehead atoms. The van der Waals surface area contributed by atoms with Gasteiger partial charge in [0.2, 0.25) is 0 Å². The van der Waals surface area contributed by atoms with Crippen LogP contribution in [-0.2, 0) is 0 Å². The number of unbranched alkanes of at least 4 members (excludes halogenated alkanes) is 2. The van der Waals surface area contributed by atoms with Crippen molar-refractivity contribution in [2.75, 3.05) is 0 Å². The molecule has 0 nitrogen and oxygen atoms in total. The predicted molar refractivity (Wildman–Crippen MR) is 86.6 cm³/mol. The second-order valence-corrected chi connectivity index (χ2v) is 8.93.